The summed E-state index contributed by atoms with van der Waals surface area (Å²) in [4.78, 5) is 0. The first kappa shape index (κ1) is 13.2. The minimum absolute atomic E-state index is 0.945. The van der Waals surface area contributed by atoms with Crippen LogP contribution in [0.15, 0.2) is 34.9 Å². The summed E-state index contributed by atoms with van der Waals surface area (Å²) in [6, 6.07) is 8.60. The topological polar surface area (TPSA) is 25.2 Å². The molecule has 6 rings (SSSR count). The molecule has 4 fully saturated rings. The van der Waals surface area contributed by atoms with E-state index >= 15 is 0 Å². The maximum absolute atomic E-state index is 5.50. The summed E-state index contributed by atoms with van der Waals surface area (Å²) in [7, 11) is 0. The van der Waals surface area contributed by atoms with Gasteiger partial charge in [-0.15, -0.1) is 0 Å². The van der Waals surface area contributed by atoms with Crippen LogP contribution in [0.2, 0.25) is 0 Å². The first-order chi connectivity index (χ1) is 10.8. The van der Waals surface area contributed by atoms with Crippen molar-refractivity contribution in [2.75, 3.05) is 6.54 Å². The van der Waals surface area contributed by atoms with E-state index in [1.165, 1.54) is 43.2 Å². The van der Waals surface area contributed by atoms with Crippen molar-refractivity contribution in [2.24, 2.45) is 29.6 Å². The number of hydrogen-bond donors (Lipinski definition) is 1. The van der Waals surface area contributed by atoms with Crippen molar-refractivity contribution >= 4 is 11.0 Å². The Hall–Kier alpha value is -1.28. The van der Waals surface area contributed by atoms with Crippen molar-refractivity contribution in [1.82, 2.24) is 5.32 Å². The summed E-state index contributed by atoms with van der Waals surface area (Å²) in [6.45, 7) is 2.18. The van der Waals surface area contributed by atoms with Crippen LogP contribution < -0.4 is 5.32 Å². The summed E-state index contributed by atoms with van der Waals surface area (Å²) in [5.41, 5.74) is 2.35. The lowest BCUT2D eigenvalue weighted by Gasteiger charge is -2.54. The summed E-state index contributed by atoms with van der Waals surface area (Å²) in [5, 5.41) is 4.94. The Morgan fingerprint density at radius 1 is 0.955 bits per heavy atom. The highest BCUT2D eigenvalue weighted by molar-refractivity contribution is 5.77. The molecule has 0 amide bonds. The molecule has 4 bridgehead atoms. The Morgan fingerprint density at radius 2 is 1.73 bits per heavy atom. The summed E-state index contributed by atoms with van der Waals surface area (Å²) < 4.78 is 5.50. The van der Waals surface area contributed by atoms with E-state index in [1.54, 1.807) is 12.7 Å². The van der Waals surface area contributed by atoms with E-state index < -0.39 is 0 Å². The van der Waals surface area contributed by atoms with E-state index in [9.17, 15) is 0 Å². The predicted molar refractivity (Wildman–Crippen MR) is 88.5 cm³/mol. The highest BCUT2D eigenvalue weighted by atomic mass is 16.3. The second kappa shape index (κ2) is 5.13. The monoisotopic (exact) mass is 295 g/mol. The number of fused-ring (bicyclic) bond motifs is 1. The molecule has 116 valence electrons. The number of nitrogens with one attached hydrogen (secondary N) is 1. The van der Waals surface area contributed by atoms with Gasteiger partial charge in [0, 0.05) is 11.9 Å². The molecule has 2 nitrogen and oxygen atoms in total. The molecule has 0 unspecified atom stereocenters. The fourth-order valence-electron chi connectivity index (χ4n) is 5.86. The number of hydrogen-bond acceptors (Lipinski definition) is 2. The smallest absolute Gasteiger partial charge is 0.134 e. The zero-order valence-electron chi connectivity index (χ0n) is 13.1. The molecular weight excluding hydrogens is 270 g/mol. The third kappa shape index (κ3) is 2.20. The fraction of sp³-hybridized carbons (Fsp3) is 0.600. The lowest BCUT2D eigenvalue weighted by molar-refractivity contribution is -0.0355. The third-order valence-electron chi connectivity index (χ3n) is 6.65. The van der Waals surface area contributed by atoms with Gasteiger partial charge in [0.1, 0.15) is 5.58 Å². The molecular formula is C20H25NO. The van der Waals surface area contributed by atoms with Crippen molar-refractivity contribution in [3.63, 3.8) is 0 Å². The molecule has 0 spiro atoms. The lowest BCUT2D eigenvalue weighted by atomic mass is 9.52. The van der Waals surface area contributed by atoms with Gasteiger partial charge < -0.3 is 9.73 Å². The molecule has 1 aromatic heterocycles. The van der Waals surface area contributed by atoms with E-state index in [1.807, 2.05) is 6.07 Å². The molecule has 4 aliphatic rings. The van der Waals surface area contributed by atoms with Crippen LogP contribution in [0.25, 0.3) is 11.0 Å². The van der Waals surface area contributed by atoms with Gasteiger partial charge in [-0.3, -0.25) is 0 Å². The van der Waals surface area contributed by atoms with Gasteiger partial charge in [0.15, 0.2) is 0 Å². The Labute approximate surface area is 132 Å². The summed E-state index contributed by atoms with van der Waals surface area (Å²) in [6.07, 6.45) is 9.43. The molecule has 1 aromatic carbocycles. The summed E-state index contributed by atoms with van der Waals surface area (Å²) >= 11 is 0. The van der Waals surface area contributed by atoms with E-state index in [-0.39, 0.29) is 0 Å². The molecule has 0 aliphatic heterocycles. The molecule has 0 radical (unpaired) electrons. The molecule has 2 heteroatoms. The first-order valence-corrected chi connectivity index (χ1v) is 9.02. The number of benzene rings is 1. The number of furan rings is 1. The average Bonchev–Trinajstić information content (AvgIpc) is 2.97. The van der Waals surface area contributed by atoms with Crippen LogP contribution in [0.5, 0.6) is 0 Å². The molecule has 1 heterocycles. The third-order valence-corrected chi connectivity index (χ3v) is 6.65. The van der Waals surface area contributed by atoms with Crippen molar-refractivity contribution in [2.45, 2.75) is 38.6 Å². The van der Waals surface area contributed by atoms with Crippen molar-refractivity contribution in [3.8, 4) is 0 Å². The van der Waals surface area contributed by atoms with Crippen molar-refractivity contribution in [3.05, 3.63) is 36.1 Å². The SMILES string of the molecule is c1cc2ccc(CNCC3C4CC5CC(C4)CC3C5)cc2o1. The molecule has 4 saturated carbocycles. The second-order valence-corrected chi connectivity index (χ2v) is 8.02. The second-order valence-electron chi connectivity index (χ2n) is 8.02. The summed E-state index contributed by atoms with van der Waals surface area (Å²) in [5.74, 6) is 5.16. The Balaban J connectivity index is 1.22. The van der Waals surface area contributed by atoms with E-state index in [0.29, 0.717) is 0 Å². The molecule has 4 aliphatic carbocycles. The molecule has 2 aromatic rings. The number of rotatable bonds is 4. The van der Waals surface area contributed by atoms with E-state index in [4.69, 9.17) is 4.42 Å². The average molecular weight is 295 g/mol. The van der Waals surface area contributed by atoms with Gasteiger partial charge in [-0.05, 0) is 85.9 Å². The van der Waals surface area contributed by atoms with E-state index in [0.717, 1.165) is 41.7 Å². The highest BCUT2D eigenvalue weighted by Gasteiger charge is 2.47. The fourth-order valence-corrected chi connectivity index (χ4v) is 5.86. The normalized spacial score (nSPS) is 36.3. The molecule has 0 atom stereocenters. The van der Waals surface area contributed by atoms with Crippen molar-refractivity contribution < 1.29 is 4.42 Å². The zero-order chi connectivity index (χ0) is 14.5. The van der Waals surface area contributed by atoms with Crippen LogP contribution in [0.1, 0.15) is 37.7 Å². The minimum Gasteiger partial charge on any atom is -0.464 e. The van der Waals surface area contributed by atoms with Gasteiger partial charge in [0.25, 0.3) is 0 Å². The minimum atomic E-state index is 0.945. The maximum Gasteiger partial charge on any atom is 0.134 e. The van der Waals surface area contributed by atoms with Gasteiger partial charge >= 0.3 is 0 Å². The maximum atomic E-state index is 5.50. The van der Waals surface area contributed by atoms with E-state index in [2.05, 4.69) is 23.5 Å². The van der Waals surface area contributed by atoms with Crippen molar-refractivity contribution in [1.29, 1.82) is 0 Å². The van der Waals surface area contributed by atoms with Gasteiger partial charge in [-0.2, -0.15) is 0 Å². The zero-order valence-corrected chi connectivity index (χ0v) is 13.1. The van der Waals surface area contributed by atoms with Crippen LogP contribution in [0.4, 0.5) is 0 Å². The van der Waals surface area contributed by atoms with Gasteiger partial charge in [-0.1, -0.05) is 12.1 Å². The van der Waals surface area contributed by atoms with Gasteiger partial charge in [0.2, 0.25) is 0 Å². The van der Waals surface area contributed by atoms with Gasteiger partial charge in [-0.25, -0.2) is 0 Å². The lowest BCUT2D eigenvalue weighted by Crippen LogP contribution is -2.48. The van der Waals surface area contributed by atoms with Gasteiger partial charge in [0.05, 0.1) is 6.26 Å². The van der Waals surface area contributed by atoms with Crippen LogP contribution in [0, 0.1) is 29.6 Å². The first-order valence-electron chi connectivity index (χ1n) is 9.02. The van der Waals surface area contributed by atoms with Crippen LogP contribution in [-0.2, 0) is 6.54 Å². The molecule has 1 N–H and O–H groups in total. The predicted octanol–water partition coefficient (Wildman–Crippen LogP) is 4.59. The highest BCUT2D eigenvalue weighted by Crippen LogP contribution is 2.56. The quantitative estimate of drug-likeness (QED) is 0.892. The molecule has 0 saturated heterocycles. The van der Waals surface area contributed by atoms with Crippen LogP contribution in [-0.4, -0.2) is 6.54 Å². The largest absolute Gasteiger partial charge is 0.464 e. The Morgan fingerprint density at radius 3 is 2.50 bits per heavy atom. The van der Waals surface area contributed by atoms with Crippen LogP contribution in [0.3, 0.4) is 0 Å². The Kier molecular flexibility index (Phi) is 3.07. The molecule has 22 heavy (non-hydrogen) atoms. The Bertz CT molecular complexity index is 645. The standard InChI is InChI=1S/C20H25NO/c1-2-16-3-4-22-20(16)10-13(1)11-21-12-19-17-6-14-5-15(8-17)9-18(19)7-14/h1-4,10,14-15,17-19,21H,5-9,11-12H2. The van der Waals surface area contributed by atoms with Crippen LogP contribution >= 0.6 is 0 Å².